The molecule has 6 aromatic rings. The van der Waals surface area contributed by atoms with Crippen molar-refractivity contribution in [3.63, 3.8) is 0 Å². The third-order valence-electron chi connectivity index (χ3n) is 6.70. The number of benzene rings is 5. The van der Waals surface area contributed by atoms with E-state index in [1.54, 1.807) is 0 Å². The molecule has 0 spiro atoms. The summed E-state index contributed by atoms with van der Waals surface area (Å²) < 4.78 is 0. The van der Waals surface area contributed by atoms with Crippen molar-refractivity contribution >= 4 is 5.69 Å². The Hall–Kier alpha value is -5.49. The summed E-state index contributed by atoms with van der Waals surface area (Å²) in [5.41, 5.74) is 7.76. The maximum atomic E-state index is 11.4. The number of nitro groups is 1. The van der Waals surface area contributed by atoms with Crippen LogP contribution in [0.25, 0.3) is 56.2 Å². The molecule has 0 aliphatic carbocycles. The third-order valence-corrected chi connectivity index (χ3v) is 6.70. The quantitative estimate of drug-likeness (QED) is 0.174. The summed E-state index contributed by atoms with van der Waals surface area (Å²) >= 11 is 0. The molecule has 1 aromatic heterocycles. The van der Waals surface area contributed by atoms with Gasteiger partial charge >= 0.3 is 0 Å². The zero-order valence-corrected chi connectivity index (χ0v) is 20.8. The molecule has 0 bridgehead atoms. The average molecular weight is 510 g/mol. The molecule has 2 N–H and O–H groups in total. The van der Waals surface area contributed by atoms with Gasteiger partial charge in [-0.3, -0.25) is 10.1 Å². The molecular weight excluding hydrogens is 486 g/mol. The second-order valence-electron chi connectivity index (χ2n) is 9.15. The van der Waals surface area contributed by atoms with Gasteiger partial charge < -0.3 is 10.1 Å². The molecule has 0 amide bonds. The van der Waals surface area contributed by atoms with Crippen LogP contribution < -0.4 is 0 Å². The summed E-state index contributed by atoms with van der Waals surface area (Å²) in [5, 5.41) is 22.0. The molecule has 6 nitrogen and oxygen atoms in total. The second kappa shape index (κ2) is 10.1. The molecule has 0 aliphatic heterocycles. The summed E-state index contributed by atoms with van der Waals surface area (Å²) in [6.45, 7) is 0. The van der Waals surface area contributed by atoms with E-state index in [0.29, 0.717) is 11.5 Å². The van der Waals surface area contributed by atoms with E-state index in [4.69, 9.17) is 4.98 Å². The van der Waals surface area contributed by atoms with Crippen molar-refractivity contribution in [2.75, 3.05) is 0 Å². The molecule has 0 saturated carbocycles. The average Bonchev–Trinajstić information content (AvgIpc) is 3.44. The Kier molecular flexibility index (Phi) is 6.19. The monoisotopic (exact) mass is 509 g/mol. The van der Waals surface area contributed by atoms with Gasteiger partial charge in [0.05, 0.1) is 21.9 Å². The van der Waals surface area contributed by atoms with Gasteiger partial charge in [-0.25, -0.2) is 4.98 Å². The van der Waals surface area contributed by atoms with Crippen LogP contribution in [0, 0.1) is 10.1 Å². The molecule has 6 heteroatoms. The molecular formula is C33H23N3O3. The van der Waals surface area contributed by atoms with E-state index >= 15 is 0 Å². The maximum absolute atomic E-state index is 11.4. The number of nitro benzene ring substituents is 1. The maximum Gasteiger partial charge on any atom is 0.270 e. The summed E-state index contributed by atoms with van der Waals surface area (Å²) in [7, 11) is 0. The second-order valence-corrected chi connectivity index (χ2v) is 9.15. The van der Waals surface area contributed by atoms with E-state index in [0.717, 1.165) is 39.1 Å². The number of aromatic amines is 1. The number of phenols is 1. The van der Waals surface area contributed by atoms with Gasteiger partial charge in [0.1, 0.15) is 11.6 Å². The molecule has 0 aliphatic rings. The minimum Gasteiger partial charge on any atom is -0.507 e. The highest BCUT2D eigenvalue weighted by atomic mass is 16.6. The standard InChI is InChI=1S/C33H23N3O3/c37-30-20-19-28(36(38)39)21-29(30)33-34-31(26-15-11-24(12-16-26)22-7-3-1-4-8-22)32(35-33)27-17-13-25(14-18-27)23-9-5-2-6-10-23/h1-21,37H,(H,34,35). The van der Waals surface area contributed by atoms with Crippen molar-refractivity contribution in [2.45, 2.75) is 0 Å². The summed E-state index contributed by atoms with van der Waals surface area (Å²) in [5.74, 6) is 0.256. The first-order chi connectivity index (χ1) is 19.1. The van der Waals surface area contributed by atoms with Gasteiger partial charge in [-0.05, 0) is 28.3 Å². The SMILES string of the molecule is O=[N+]([O-])c1ccc(O)c(-c2nc(-c3ccc(-c4ccccc4)cc3)c(-c3ccc(-c4ccccc4)cc3)[nH]2)c1. The summed E-state index contributed by atoms with van der Waals surface area (Å²) in [4.78, 5) is 19.1. The molecule has 5 aromatic carbocycles. The van der Waals surface area contributed by atoms with Crippen molar-refractivity contribution in [3.8, 4) is 61.9 Å². The molecule has 0 atom stereocenters. The Bertz CT molecular complexity index is 1660. The van der Waals surface area contributed by atoms with Gasteiger partial charge in [-0.2, -0.15) is 0 Å². The van der Waals surface area contributed by atoms with E-state index < -0.39 is 4.92 Å². The number of H-pyrrole nitrogens is 1. The Labute approximate surface area is 225 Å². The number of non-ortho nitro benzene ring substituents is 1. The van der Waals surface area contributed by atoms with Crippen LogP contribution in [0.1, 0.15) is 0 Å². The van der Waals surface area contributed by atoms with Crippen LogP contribution in [-0.2, 0) is 0 Å². The molecule has 0 fully saturated rings. The highest BCUT2D eigenvalue weighted by molar-refractivity contribution is 5.84. The van der Waals surface area contributed by atoms with Gasteiger partial charge in [0.15, 0.2) is 0 Å². The lowest BCUT2D eigenvalue weighted by molar-refractivity contribution is -0.384. The Morgan fingerprint density at radius 2 is 1.10 bits per heavy atom. The van der Waals surface area contributed by atoms with Crippen molar-refractivity contribution < 1.29 is 10.0 Å². The number of nitrogens with one attached hydrogen (secondary N) is 1. The molecule has 0 unspecified atom stereocenters. The zero-order chi connectivity index (χ0) is 26.8. The van der Waals surface area contributed by atoms with Crippen LogP contribution in [0.4, 0.5) is 5.69 Å². The number of phenolic OH excluding ortho intramolecular Hbond substituents is 1. The Balaban J connectivity index is 1.46. The van der Waals surface area contributed by atoms with Crippen LogP contribution in [-0.4, -0.2) is 20.0 Å². The van der Waals surface area contributed by atoms with E-state index in [1.165, 1.54) is 18.2 Å². The number of rotatable bonds is 6. The van der Waals surface area contributed by atoms with Crippen molar-refractivity contribution in [1.82, 2.24) is 9.97 Å². The smallest absolute Gasteiger partial charge is 0.270 e. The first kappa shape index (κ1) is 23.9. The van der Waals surface area contributed by atoms with Crippen molar-refractivity contribution in [1.29, 1.82) is 0 Å². The first-order valence-corrected chi connectivity index (χ1v) is 12.5. The molecule has 1 heterocycles. The largest absolute Gasteiger partial charge is 0.507 e. The normalized spacial score (nSPS) is 10.9. The van der Waals surface area contributed by atoms with Crippen LogP contribution in [0.2, 0.25) is 0 Å². The van der Waals surface area contributed by atoms with Gasteiger partial charge in [-0.1, -0.05) is 109 Å². The van der Waals surface area contributed by atoms with Gasteiger partial charge in [-0.15, -0.1) is 0 Å². The van der Waals surface area contributed by atoms with E-state index in [-0.39, 0.29) is 17.0 Å². The van der Waals surface area contributed by atoms with E-state index in [9.17, 15) is 15.2 Å². The minimum atomic E-state index is -0.488. The number of aromatic hydroxyl groups is 1. The van der Waals surface area contributed by atoms with Crippen LogP contribution in [0.3, 0.4) is 0 Å². The highest BCUT2D eigenvalue weighted by Gasteiger charge is 2.20. The highest BCUT2D eigenvalue weighted by Crippen LogP contribution is 2.38. The third kappa shape index (κ3) is 4.79. The predicted molar refractivity (Wildman–Crippen MR) is 154 cm³/mol. The van der Waals surface area contributed by atoms with Crippen molar-refractivity contribution in [2.24, 2.45) is 0 Å². The van der Waals surface area contributed by atoms with Crippen LogP contribution in [0.5, 0.6) is 5.75 Å². The number of nitrogens with zero attached hydrogens (tertiary/aromatic N) is 2. The zero-order valence-electron chi connectivity index (χ0n) is 20.8. The van der Waals surface area contributed by atoms with Crippen molar-refractivity contribution in [3.05, 3.63) is 138 Å². The lowest BCUT2D eigenvalue weighted by atomic mass is 9.99. The fourth-order valence-electron chi connectivity index (χ4n) is 4.66. The molecule has 188 valence electrons. The lowest BCUT2D eigenvalue weighted by Gasteiger charge is -2.07. The molecule has 0 saturated heterocycles. The molecule has 6 rings (SSSR count). The van der Waals surface area contributed by atoms with Crippen LogP contribution >= 0.6 is 0 Å². The minimum absolute atomic E-state index is 0.0914. The first-order valence-electron chi connectivity index (χ1n) is 12.5. The summed E-state index contributed by atoms with van der Waals surface area (Å²) in [6.07, 6.45) is 0. The number of hydrogen-bond acceptors (Lipinski definition) is 4. The number of imidazole rings is 1. The predicted octanol–water partition coefficient (Wildman–Crippen LogP) is 8.36. The number of hydrogen-bond donors (Lipinski definition) is 2. The van der Waals surface area contributed by atoms with E-state index in [2.05, 4.69) is 41.4 Å². The summed E-state index contributed by atoms with van der Waals surface area (Å²) in [6, 6.07) is 40.4. The van der Waals surface area contributed by atoms with Gasteiger partial charge in [0.25, 0.3) is 5.69 Å². The van der Waals surface area contributed by atoms with E-state index in [1.807, 2.05) is 72.8 Å². The molecule has 39 heavy (non-hydrogen) atoms. The van der Waals surface area contributed by atoms with Crippen LogP contribution in [0.15, 0.2) is 127 Å². The van der Waals surface area contributed by atoms with Gasteiger partial charge in [0, 0.05) is 23.3 Å². The fraction of sp³-hybridized carbons (Fsp3) is 0. The Morgan fingerprint density at radius 3 is 1.64 bits per heavy atom. The van der Waals surface area contributed by atoms with Gasteiger partial charge in [0.2, 0.25) is 0 Å². The molecule has 0 radical (unpaired) electrons. The lowest BCUT2D eigenvalue weighted by Crippen LogP contribution is -1.90. The Morgan fingerprint density at radius 1 is 0.615 bits per heavy atom. The number of aromatic nitrogens is 2. The topological polar surface area (TPSA) is 92.1 Å². The fourth-order valence-corrected chi connectivity index (χ4v) is 4.66.